The summed E-state index contributed by atoms with van der Waals surface area (Å²) in [7, 11) is 0. The summed E-state index contributed by atoms with van der Waals surface area (Å²) in [6.07, 6.45) is 0.870. The standard InChI is InChI=1S/C19H14Cl2N4O4/c1-10-4-2-3-5-15(10)25-17(27)12(16(26)24-19(25)29)9-22-18(28)23-11-6-7-13(20)14(21)8-11/h2-9,27H,1H3,(H,23,28)(H,24,26,29). The topological polar surface area (TPSA) is 117 Å². The van der Waals surface area contributed by atoms with E-state index in [0.29, 0.717) is 22.0 Å². The number of amides is 2. The van der Waals surface area contributed by atoms with Gasteiger partial charge in [0.05, 0.1) is 21.9 Å². The van der Waals surface area contributed by atoms with Gasteiger partial charge < -0.3 is 10.4 Å². The number of aromatic amines is 1. The SMILES string of the molecule is Cc1ccccc1-n1c(O)c(C=NC(=O)Nc2ccc(Cl)c(Cl)c2)c(=O)[nH]c1=O. The summed E-state index contributed by atoms with van der Waals surface area (Å²) in [4.78, 5) is 42.0. The van der Waals surface area contributed by atoms with E-state index in [1.165, 1.54) is 18.2 Å². The van der Waals surface area contributed by atoms with Crippen LogP contribution in [0.3, 0.4) is 0 Å². The highest BCUT2D eigenvalue weighted by Crippen LogP contribution is 2.25. The van der Waals surface area contributed by atoms with E-state index in [2.05, 4.69) is 15.3 Å². The van der Waals surface area contributed by atoms with Gasteiger partial charge in [-0.1, -0.05) is 41.4 Å². The van der Waals surface area contributed by atoms with Crippen molar-refractivity contribution in [2.75, 3.05) is 5.32 Å². The van der Waals surface area contributed by atoms with Crippen molar-refractivity contribution >= 4 is 41.1 Å². The molecule has 3 aromatic rings. The van der Waals surface area contributed by atoms with E-state index < -0.39 is 23.2 Å². The number of nitrogens with zero attached hydrogens (tertiary/aromatic N) is 2. The zero-order valence-corrected chi connectivity index (χ0v) is 16.5. The van der Waals surface area contributed by atoms with Crippen LogP contribution in [0, 0.1) is 6.92 Å². The maximum atomic E-state index is 12.2. The lowest BCUT2D eigenvalue weighted by Crippen LogP contribution is -2.31. The first kappa shape index (κ1) is 20.4. The Balaban J connectivity index is 1.94. The van der Waals surface area contributed by atoms with Gasteiger partial charge in [0.1, 0.15) is 5.56 Å². The van der Waals surface area contributed by atoms with Gasteiger partial charge in [-0.2, -0.15) is 0 Å². The predicted octanol–water partition coefficient (Wildman–Crippen LogP) is 3.50. The minimum atomic E-state index is -0.886. The minimum absolute atomic E-state index is 0.243. The van der Waals surface area contributed by atoms with Crippen molar-refractivity contribution in [1.82, 2.24) is 9.55 Å². The van der Waals surface area contributed by atoms with Crippen LogP contribution in [-0.2, 0) is 0 Å². The van der Waals surface area contributed by atoms with Gasteiger partial charge >= 0.3 is 11.7 Å². The van der Waals surface area contributed by atoms with Crippen LogP contribution < -0.4 is 16.6 Å². The number of hydrogen-bond acceptors (Lipinski definition) is 4. The number of anilines is 1. The summed E-state index contributed by atoms with van der Waals surface area (Å²) in [6.45, 7) is 1.74. The molecule has 0 aliphatic heterocycles. The van der Waals surface area contributed by atoms with Gasteiger partial charge in [-0.25, -0.2) is 19.1 Å². The summed E-state index contributed by atoms with van der Waals surface area (Å²) >= 11 is 11.7. The molecule has 0 unspecified atom stereocenters. The third-order valence-electron chi connectivity index (χ3n) is 3.96. The molecule has 0 bridgehead atoms. The molecule has 29 heavy (non-hydrogen) atoms. The number of halogens is 2. The minimum Gasteiger partial charge on any atom is -0.493 e. The number of H-pyrrole nitrogens is 1. The number of aromatic nitrogens is 2. The number of urea groups is 1. The van der Waals surface area contributed by atoms with Crippen molar-refractivity contribution in [2.24, 2.45) is 4.99 Å². The van der Waals surface area contributed by atoms with Crippen molar-refractivity contribution in [1.29, 1.82) is 0 Å². The number of aromatic hydroxyl groups is 1. The van der Waals surface area contributed by atoms with Crippen LogP contribution in [0.25, 0.3) is 5.69 Å². The van der Waals surface area contributed by atoms with Crippen LogP contribution >= 0.6 is 23.2 Å². The number of nitrogens with one attached hydrogen (secondary N) is 2. The fourth-order valence-electron chi connectivity index (χ4n) is 2.55. The molecule has 0 aliphatic carbocycles. The molecule has 0 aliphatic rings. The predicted molar refractivity (Wildman–Crippen MR) is 112 cm³/mol. The number of benzene rings is 2. The number of hydrogen-bond donors (Lipinski definition) is 3. The van der Waals surface area contributed by atoms with Gasteiger partial charge in [0, 0.05) is 5.69 Å². The molecule has 0 atom stereocenters. The lowest BCUT2D eigenvalue weighted by molar-refractivity contribution is 0.259. The van der Waals surface area contributed by atoms with Crippen LogP contribution in [0.2, 0.25) is 10.0 Å². The molecule has 1 aromatic heterocycles. The second-order valence-corrected chi connectivity index (χ2v) is 6.75. The molecular weight excluding hydrogens is 419 g/mol. The van der Waals surface area contributed by atoms with Gasteiger partial charge in [0.2, 0.25) is 5.88 Å². The van der Waals surface area contributed by atoms with E-state index >= 15 is 0 Å². The summed E-state index contributed by atoms with van der Waals surface area (Å²) in [6, 6.07) is 10.4. The normalized spacial score (nSPS) is 11.0. The summed E-state index contributed by atoms with van der Waals surface area (Å²) in [5.74, 6) is -0.640. The Morgan fingerprint density at radius 1 is 1.17 bits per heavy atom. The van der Waals surface area contributed by atoms with Gasteiger partial charge in [-0.3, -0.25) is 9.78 Å². The zero-order chi connectivity index (χ0) is 21.1. The Morgan fingerprint density at radius 3 is 2.59 bits per heavy atom. The maximum absolute atomic E-state index is 12.2. The molecule has 1 heterocycles. The number of aliphatic imine (C=N–C) groups is 1. The Labute approximate surface area is 174 Å². The fraction of sp³-hybridized carbons (Fsp3) is 0.0526. The van der Waals surface area contributed by atoms with Crippen molar-refractivity contribution < 1.29 is 9.90 Å². The third-order valence-corrected chi connectivity index (χ3v) is 4.70. The molecule has 0 saturated carbocycles. The highest BCUT2D eigenvalue weighted by atomic mass is 35.5. The lowest BCUT2D eigenvalue weighted by Gasteiger charge is -2.11. The van der Waals surface area contributed by atoms with Crippen LogP contribution in [0.5, 0.6) is 5.88 Å². The Kier molecular flexibility index (Phi) is 5.86. The highest BCUT2D eigenvalue weighted by Gasteiger charge is 2.15. The van der Waals surface area contributed by atoms with E-state index in [9.17, 15) is 19.5 Å². The maximum Gasteiger partial charge on any atom is 0.345 e. The first-order chi connectivity index (χ1) is 13.8. The first-order valence-corrected chi connectivity index (χ1v) is 8.98. The molecule has 2 aromatic carbocycles. The molecule has 0 fully saturated rings. The molecule has 0 spiro atoms. The van der Waals surface area contributed by atoms with Crippen LogP contribution in [-0.4, -0.2) is 26.9 Å². The number of para-hydroxylation sites is 1. The van der Waals surface area contributed by atoms with Crippen LogP contribution in [0.1, 0.15) is 11.1 Å². The Morgan fingerprint density at radius 2 is 1.90 bits per heavy atom. The van der Waals surface area contributed by atoms with Gasteiger partial charge in [-0.05, 0) is 36.8 Å². The van der Waals surface area contributed by atoms with Gasteiger partial charge in [0.25, 0.3) is 5.56 Å². The summed E-state index contributed by atoms with van der Waals surface area (Å²) < 4.78 is 0.926. The molecule has 2 amide bonds. The van der Waals surface area contributed by atoms with E-state index in [0.717, 1.165) is 10.8 Å². The van der Waals surface area contributed by atoms with Crippen molar-refractivity contribution in [3.05, 3.63) is 84.5 Å². The molecule has 8 nitrogen and oxygen atoms in total. The quantitative estimate of drug-likeness (QED) is 0.548. The summed E-state index contributed by atoms with van der Waals surface area (Å²) in [5, 5.41) is 13.5. The molecule has 148 valence electrons. The van der Waals surface area contributed by atoms with Crippen LogP contribution in [0.4, 0.5) is 10.5 Å². The largest absolute Gasteiger partial charge is 0.493 e. The second-order valence-electron chi connectivity index (χ2n) is 5.94. The van der Waals surface area contributed by atoms with E-state index in [1.54, 1.807) is 31.2 Å². The molecule has 10 heteroatoms. The monoisotopic (exact) mass is 432 g/mol. The van der Waals surface area contributed by atoms with Crippen molar-refractivity contribution in [3.63, 3.8) is 0 Å². The smallest absolute Gasteiger partial charge is 0.345 e. The second kappa shape index (κ2) is 8.34. The lowest BCUT2D eigenvalue weighted by atomic mass is 10.2. The van der Waals surface area contributed by atoms with E-state index in [-0.39, 0.29) is 10.6 Å². The van der Waals surface area contributed by atoms with Crippen molar-refractivity contribution in [2.45, 2.75) is 6.92 Å². The number of carbonyl (C=O) groups is 1. The molecular formula is C19H14Cl2N4O4. The highest BCUT2D eigenvalue weighted by molar-refractivity contribution is 6.42. The van der Waals surface area contributed by atoms with E-state index in [4.69, 9.17) is 23.2 Å². The third kappa shape index (κ3) is 4.39. The number of aryl methyl sites for hydroxylation is 1. The fourth-order valence-corrected chi connectivity index (χ4v) is 2.84. The average molecular weight is 433 g/mol. The molecule has 3 rings (SSSR count). The van der Waals surface area contributed by atoms with E-state index in [1.807, 2.05) is 0 Å². The summed E-state index contributed by atoms with van der Waals surface area (Å²) in [5.41, 5.74) is -0.650. The molecule has 0 saturated heterocycles. The van der Waals surface area contributed by atoms with Gasteiger partial charge in [-0.15, -0.1) is 0 Å². The number of rotatable bonds is 3. The zero-order valence-electron chi connectivity index (χ0n) is 14.9. The first-order valence-electron chi connectivity index (χ1n) is 8.22. The molecule has 3 N–H and O–H groups in total. The Bertz CT molecular complexity index is 1250. The number of carbonyl (C=O) groups excluding carboxylic acids is 1. The average Bonchev–Trinajstić information content (AvgIpc) is 2.66. The van der Waals surface area contributed by atoms with Gasteiger partial charge in [0.15, 0.2) is 0 Å². The van der Waals surface area contributed by atoms with Crippen molar-refractivity contribution in [3.8, 4) is 11.6 Å². The molecule has 0 radical (unpaired) electrons. The van der Waals surface area contributed by atoms with Crippen LogP contribution in [0.15, 0.2) is 57.0 Å². The Hall–Kier alpha value is -3.36.